The lowest BCUT2D eigenvalue weighted by Crippen LogP contribution is -2.38. The molecule has 2 amide bonds. The average Bonchev–Trinajstić information content (AvgIpc) is 2.94. The summed E-state index contributed by atoms with van der Waals surface area (Å²) in [5.74, 6) is 1.30. The van der Waals surface area contributed by atoms with Gasteiger partial charge < -0.3 is 9.47 Å². The van der Waals surface area contributed by atoms with E-state index in [1.807, 2.05) is 38.1 Å². The van der Waals surface area contributed by atoms with Gasteiger partial charge in [0.1, 0.15) is 18.1 Å². The van der Waals surface area contributed by atoms with Crippen LogP contribution in [0.25, 0.3) is 0 Å². The van der Waals surface area contributed by atoms with Gasteiger partial charge in [-0.05, 0) is 44.5 Å². The first-order chi connectivity index (χ1) is 11.9. The Bertz CT molecular complexity index is 632. The van der Waals surface area contributed by atoms with E-state index in [0.717, 1.165) is 17.9 Å². The van der Waals surface area contributed by atoms with Gasteiger partial charge in [-0.2, -0.15) is 0 Å². The van der Waals surface area contributed by atoms with Crippen LogP contribution in [-0.4, -0.2) is 49.6 Å². The van der Waals surface area contributed by atoms with Crippen molar-refractivity contribution in [3.63, 3.8) is 0 Å². The highest BCUT2D eigenvalue weighted by molar-refractivity contribution is 6.10. The van der Waals surface area contributed by atoms with Gasteiger partial charge >= 0.3 is 0 Å². The third-order valence-corrected chi connectivity index (χ3v) is 5.50. The number of likely N-dealkylation sites (tertiary alicyclic amines) is 1. The molecule has 2 saturated heterocycles. The first-order valence-electron chi connectivity index (χ1n) is 8.83. The molecule has 3 rings (SSSR count). The van der Waals surface area contributed by atoms with Crippen LogP contribution in [0, 0.1) is 10.8 Å². The molecule has 0 spiro atoms. The van der Waals surface area contributed by atoms with E-state index in [1.54, 1.807) is 0 Å². The van der Waals surface area contributed by atoms with Crippen molar-refractivity contribution in [2.75, 3.05) is 32.8 Å². The molecular weight excluding hydrogens is 320 g/mol. The van der Waals surface area contributed by atoms with Gasteiger partial charge in [0, 0.05) is 19.6 Å². The van der Waals surface area contributed by atoms with Crippen LogP contribution in [0.3, 0.4) is 0 Å². The molecule has 2 unspecified atom stereocenters. The summed E-state index contributed by atoms with van der Waals surface area (Å²) in [5, 5.41) is 2.47. The van der Waals surface area contributed by atoms with Crippen molar-refractivity contribution < 1.29 is 19.1 Å². The maximum absolute atomic E-state index is 12.1. The predicted octanol–water partition coefficient (Wildman–Crippen LogP) is 1.84. The van der Waals surface area contributed by atoms with Gasteiger partial charge in [0.15, 0.2) is 0 Å². The van der Waals surface area contributed by atoms with Gasteiger partial charge in [-0.15, -0.1) is 0 Å². The second kappa shape index (κ2) is 6.67. The maximum Gasteiger partial charge on any atom is 0.234 e. The van der Waals surface area contributed by atoms with Crippen molar-refractivity contribution >= 4 is 11.8 Å². The molecule has 0 saturated carbocycles. The van der Waals surface area contributed by atoms with E-state index in [0.29, 0.717) is 32.8 Å². The zero-order valence-corrected chi connectivity index (χ0v) is 15.1. The van der Waals surface area contributed by atoms with Crippen LogP contribution in [0.15, 0.2) is 24.3 Å². The molecule has 0 aliphatic carbocycles. The highest BCUT2D eigenvalue weighted by Gasteiger charge is 2.65. The number of hydrogen-bond donors (Lipinski definition) is 1. The number of ether oxygens (including phenoxy) is 2. The van der Waals surface area contributed by atoms with Gasteiger partial charge in [-0.3, -0.25) is 19.8 Å². The monoisotopic (exact) mass is 346 g/mol. The number of nitrogens with zero attached hydrogens (tertiary/aromatic N) is 1. The lowest BCUT2D eigenvalue weighted by atomic mass is 9.70. The Morgan fingerprint density at radius 3 is 1.92 bits per heavy atom. The number of carbonyl (C=O) groups excluding carboxylic acids is 2. The van der Waals surface area contributed by atoms with Crippen LogP contribution in [0.5, 0.6) is 11.5 Å². The summed E-state index contributed by atoms with van der Waals surface area (Å²) < 4.78 is 11.3. The molecule has 1 aromatic carbocycles. The van der Waals surface area contributed by atoms with E-state index in [-0.39, 0.29) is 11.8 Å². The SMILES string of the molecule is CCCOc1ccc(OCCN2CC3(C)C(=O)NC(=O)C3(C)C2)cc1. The third kappa shape index (κ3) is 3.11. The highest BCUT2D eigenvalue weighted by atomic mass is 16.5. The van der Waals surface area contributed by atoms with Crippen LogP contribution in [0.1, 0.15) is 27.2 Å². The first-order valence-corrected chi connectivity index (χ1v) is 8.83. The van der Waals surface area contributed by atoms with Gasteiger partial charge in [0.05, 0.1) is 17.4 Å². The minimum atomic E-state index is -0.650. The number of fused-ring (bicyclic) bond motifs is 1. The molecule has 0 radical (unpaired) electrons. The predicted molar refractivity (Wildman–Crippen MR) is 93.5 cm³/mol. The second-order valence-electron chi connectivity index (χ2n) is 7.33. The van der Waals surface area contributed by atoms with Crippen LogP contribution in [0.2, 0.25) is 0 Å². The van der Waals surface area contributed by atoms with Crippen LogP contribution >= 0.6 is 0 Å². The summed E-state index contributed by atoms with van der Waals surface area (Å²) in [4.78, 5) is 26.4. The first kappa shape index (κ1) is 17.7. The van der Waals surface area contributed by atoms with Crippen molar-refractivity contribution in [2.24, 2.45) is 10.8 Å². The fourth-order valence-corrected chi connectivity index (χ4v) is 3.63. The lowest BCUT2D eigenvalue weighted by Gasteiger charge is -2.26. The molecule has 6 heteroatoms. The van der Waals surface area contributed by atoms with Crippen LogP contribution < -0.4 is 14.8 Å². The molecular formula is C19H26N2O4. The molecule has 0 aromatic heterocycles. The summed E-state index contributed by atoms with van der Waals surface area (Å²) in [6, 6.07) is 7.58. The Balaban J connectivity index is 1.50. The van der Waals surface area contributed by atoms with Crippen LogP contribution in [-0.2, 0) is 9.59 Å². The second-order valence-corrected chi connectivity index (χ2v) is 7.33. The topological polar surface area (TPSA) is 67.9 Å². The Morgan fingerprint density at radius 2 is 1.44 bits per heavy atom. The molecule has 1 N–H and O–H groups in total. The molecule has 2 atom stereocenters. The van der Waals surface area contributed by atoms with Crippen molar-refractivity contribution in [1.82, 2.24) is 10.2 Å². The van der Waals surface area contributed by atoms with E-state index >= 15 is 0 Å². The number of carbonyl (C=O) groups is 2. The quantitative estimate of drug-likeness (QED) is 0.763. The van der Waals surface area contributed by atoms with Gasteiger partial charge in [-0.25, -0.2) is 0 Å². The van der Waals surface area contributed by atoms with Gasteiger partial charge in [0.25, 0.3) is 0 Å². The maximum atomic E-state index is 12.1. The van der Waals surface area contributed by atoms with Crippen molar-refractivity contribution in [3.05, 3.63) is 24.3 Å². The zero-order valence-electron chi connectivity index (χ0n) is 15.1. The van der Waals surface area contributed by atoms with Gasteiger partial charge in [-0.1, -0.05) is 6.92 Å². The van der Waals surface area contributed by atoms with Crippen molar-refractivity contribution in [1.29, 1.82) is 0 Å². The summed E-state index contributed by atoms with van der Waals surface area (Å²) in [6.45, 7) is 8.88. The summed E-state index contributed by atoms with van der Waals surface area (Å²) in [6.07, 6.45) is 0.979. The van der Waals surface area contributed by atoms with E-state index in [2.05, 4.69) is 17.1 Å². The zero-order chi connectivity index (χ0) is 18.1. The largest absolute Gasteiger partial charge is 0.494 e. The van der Waals surface area contributed by atoms with Crippen molar-refractivity contribution in [2.45, 2.75) is 27.2 Å². The summed E-state index contributed by atoms with van der Waals surface area (Å²) in [5.41, 5.74) is -1.30. The van der Waals surface area contributed by atoms with Crippen molar-refractivity contribution in [3.8, 4) is 11.5 Å². The highest BCUT2D eigenvalue weighted by Crippen LogP contribution is 2.49. The number of benzene rings is 1. The third-order valence-electron chi connectivity index (χ3n) is 5.50. The average molecular weight is 346 g/mol. The number of hydrogen-bond acceptors (Lipinski definition) is 5. The van der Waals surface area contributed by atoms with E-state index in [1.165, 1.54) is 0 Å². The van der Waals surface area contributed by atoms with Crippen LogP contribution in [0.4, 0.5) is 0 Å². The summed E-state index contributed by atoms with van der Waals surface area (Å²) >= 11 is 0. The fourth-order valence-electron chi connectivity index (χ4n) is 3.63. The number of amides is 2. The Labute approximate surface area is 148 Å². The van der Waals surface area contributed by atoms with E-state index in [4.69, 9.17) is 9.47 Å². The molecule has 2 aliphatic heterocycles. The smallest absolute Gasteiger partial charge is 0.234 e. The molecule has 6 nitrogen and oxygen atoms in total. The lowest BCUT2D eigenvalue weighted by molar-refractivity contribution is -0.128. The molecule has 1 aromatic rings. The Hall–Kier alpha value is -2.08. The standard InChI is InChI=1S/C19H26N2O4/c1-4-10-24-14-5-7-15(8-6-14)25-11-9-21-12-18(2)16(22)20-17(23)19(18,3)13-21/h5-8H,4,9-13H2,1-3H3,(H,20,22,23). The Kier molecular flexibility index (Phi) is 4.73. The van der Waals surface area contributed by atoms with E-state index in [9.17, 15) is 9.59 Å². The number of imide groups is 1. The minimum absolute atomic E-state index is 0.161. The number of rotatable bonds is 7. The van der Waals surface area contributed by atoms with E-state index < -0.39 is 10.8 Å². The molecule has 136 valence electrons. The summed E-state index contributed by atoms with van der Waals surface area (Å²) in [7, 11) is 0. The molecule has 2 fully saturated rings. The fraction of sp³-hybridized carbons (Fsp3) is 0.579. The molecule has 0 bridgehead atoms. The molecule has 2 aliphatic rings. The Morgan fingerprint density at radius 1 is 0.960 bits per heavy atom. The van der Waals surface area contributed by atoms with Gasteiger partial charge in [0.2, 0.25) is 11.8 Å². The molecule has 25 heavy (non-hydrogen) atoms. The number of nitrogens with one attached hydrogen (secondary N) is 1. The normalized spacial score (nSPS) is 28.8. The molecule has 2 heterocycles. The minimum Gasteiger partial charge on any atom is -0.494 e.